The average Bonchev–Trinajstić information content (AvgIpc) is 2.84. The smallest absolute Gasteiger partial charge is 0.159 e. The predicted molar refractivity (Wildman–Crippen MR) is 70.6 cm³/mol. The van der Waals surface area contributed by atoms with Crippen LogP contribution in [0.4, 0.5) is 0 Å². The average molecular weight is 291 g/mol. The van der Waals surface area contributed by atoms with Crippen LogP contribution < -0.4 is 0 Å². The van der Waals surface area contributed by atoms with E-state index in [1.165, 1.54) is 0 Å². The third-order valence-electron chi connectivity index (χ3n) is 2.89. The van der Waals surface area contributed by atoms with Crippen molar-refractivity contribution in [3.8, 4) is 11.5 Å². The van der Waals surface area contributed by atoms with E-state index >= 15 is 0 Å². The molecule has 0 spiro atoms. The van der Waals surface area contributed by atoms with E-state index in [0.717, 1.165) is 27.0 Å². The lowest BCUT2D eigenvalue weighted by Gasteiger charge is -2.02. The van der Waals surface area contributed by atoms with Gasteiger partial charge in [-0.05, 0) is 24.3 Å². The number of halogens is 1. The molecular weight excluding hydrogens is 280 g/mol. The van der Waals surface area contributed by atoms with E-state index in [-0.39, 0.29) is 0 Å². The Morgan fingerprint density at radius 2 is 2.00 bits per heavy atom. The quantitative estimate of drug-likeness (QED) is 0.691. The van der Waals surface area contributed by atoms with E-state index in [1.807, 2.05) is 37.0 Å². The molecule has 0 saturated heterocycles. The van der Waals surface area contributed by atoms with Crippen LogP contribution in [0.2, 0.25) is 0 Å². The number of aromatic nitrogens is 4. The normalized spacial score (nSPS) is 11.2. The topological polar surface area (TPSA) is 35.6 Å². The zero-order valence-corrected chi connectivity index (χ0v) is 11.1. The molecule has 0 aliphatic carbocycles. The summed E-state index contributed by atoms with van der Waals surface area (Å²) >= 11 is 3.48. The fraction of sp³-hybridized carbons (Fsp3) is 0.167. The lowest BCUT2D eigenvalue weighted by molar-refractivity contribution is 0.764. The largest absolute Gasteiger partial charge is 0.326 e. The summed E-state index contributed by atoms with van der Waals surface area (Å²) in [6.07, 6.45) is 1.78. The highest BCUT2D eigenvalue weighted by Crippen LogP contribution is 2.25. The minimum absolute atomic E-state index is 0.929. The van der Waals surface area contributed by atoms with Crippen molar-refractivity contribution in [2.24, 2.45) is 14.1 Å². The van der Waals surface area contributed by atoms with Crippen molar-refractivity contribution in [2.45, 2.75) is 0 Å². The van der Waals surface area contributed by atoms with Gasteiger partial charge in [0.1, 0.15) is 5.69 Å². The SMILES string of the molecule is Cn1nccc1-c1nc2ccc(Br)cc2n1C. The molecule has 86 valence electrons. The summed E-state index contributed by atoms with van der Waals surface area (Å²) in [5.41, 5.74) is 3.11. The number of hydrogen-bond donors (Lipinski definition) is 0. The van der Waals surface area contributed by atoms with E-state index in [9.17, 15) is 0 Å². The Morgan fingerprint density at radius 3 is 2.71 bits per heavy atom. The van der Waals surface area contributed by atoms with Crippen molar-refractivity contribution < 1.29 is 0 Å². The highest BCUT2D eigenvalue weighted by Gasteiger charge is 2.12. The molecule has 5 heteroatoms. The van der Waals surface area contributed by atoms with Crippen molar-refractivity contribution in [3.63, 3.8) is 0 Å². The molecular formula is C12H11BrN4. The molecule has 0 saturated carbocycles. The van der Waals surface area contributed by atoms with Crippen LogP contribution in [0.1, 0.15) is 0 Å². The molecule has 4 nitrogen and oxygen atoms in total. The number of hydrogen-bond acceptors (Lipinski definition) is 2. The molecule has 0 aliphatic rings. The molecule has 0 unspecified atom stereocenters. The van der Waals surface area contributed by atoms with Gasteiger partial charge in [0.15, 0.2) is 5.82 Å². The lowest BCUT2D eigenvalue weighted by Crippen LogP contribution is -1.99. The van der Waals surface area contributed by atoms with Gasteiger partial charge in [-0.2, -0.15) is 5.10 Å². The highest BCUT2D eigenvalue weighted by molar-refractivity contribution is 9.10. The molecule has 0 amide bonds. The van der Waals surface area contributed by atoms with Crippen molar-refractivity contribution >= 4 is 27.0 Å². The van der Waals surface area contributed by atoms with Crippen LogP contribution in [0.25, 0.3) is 22.6 Å². The molecule has 2 heterocycles. The van der Waals surface area contributed by atoms with Crippen LogP contribution in [-0.4, -0.2) is 19.3 Å². The molecule has 0 radical (unpaired) electrons. The fourth-order valence-electron chi connectivity index (χ4n) is 1.99. The molecule has 3 rings (SSSR count). The van der Waals surface area contributed by atoms with E-state index in [1.54, 1.807) is 6.20 Å². The molecule has 0 aliphatic heterocycles. The predicted octanol–water partition coefficient (Wildman–Crippen LogP) is 2.74. The molecule has 0 atom stereocenters. The second-order valence-electron chi connectivity index (χ2n) is 3.97. The Morgan fingerprint density at radius 1 is 1.18 bits per heavy atom. The van der Waals surface area contributed by atoms with Gasteiger partial charge in [0, 0.05) is 24.8 Å². The Labute approximate surface area is 107 Å². The van der Waals surface area contributed by atoms with E-state index in [0.29, 0.717) is 0 Å². The van der Waals surface area contributed by atoms with Crippen molar-refractivity contribution in [1.82, 2.24) is 19.3 Å². The van der Waals surface area contributed by atoms with Gasteiger partial charge in [0.05, 0.1) is 11.0 Å². The van der Waals surface area contributed by atoms with E-state index in [4.69, 9.17) is 0 Å². The maximum Gasteiger partial charge on any atom is 0.159 e. The maximum atomic E-state index is 4.64. The van der Waals surface area contributed by atoms with Crippen molar-refractivity contribution in [3.05, 3.63) is 34.9 Å². The van der Waals surface area contributed by atoms with Gasteiger partial charge in [-0.15, -0.1) is 0 Å². The van der Waals surface area contributed by atoms with Gasteiger partial charge in [-0.1, -0.05) is 15.9 Å². The summed E-state index contributed by atoms with van der Waals surface area (Å²) in [6, 6.07) is 8.06. The number of imidazole rings is 1. The Hall–Kier alpha value is -1.62. The van der Waals surface area contributed by atoms with Crippen LogP contribution in [-0.2, 0) is 14.1 Å². The highest BCUT2D eigenvalue weighted by atomic mass is 79.9. The molecule has 1 aromatic carbocycles. The van der Waals surface area contributed by atoms with Crippen LogP contribution >= 0.6 is 15.9 Å². The summed E-state index contributed by atoms with van der Waals surface area (Å²) in [4.78, 5) is 4.64. The van der Waals surface area contributed by atoms with Gasteiger partial charge >= 0.3 is 0 Å². The van der Waals surface area contributed by atoms with Crippen molar-refractivity contribution in [2.75, 3.05) is 0 Å². The Bertz CT molecular complexity index is 696. The molecule has 0 N–H and O–H groups in total. The van der Waals surface area contributed by atoms with Gasteiger partial charge in [-0.3, -0.25) is 4.68 Å². The van der Waals surface area contributed by atoms with E-state index < -0.39 is 0 Å². The summed E-state index contributed by atoms with van der Waals surface area (Å²) in [7, 11) is 3.94. The van der Waals surface area contributed by atoms with Gasteiger partial charge in [0.25, 0.3) is 0 Å². The number of fused-ring (bicyclic) bond motifs is 1. The monoisotopic (exact) mass is 290 g/mol. The molecule has 0 fully saturated rings. The number of aryl methyl sites for hydroxylation is 2. The third kappa shape index (κ3) is 1.58. The lowest BCUT2D eigenvalue weighted by atomic mass is 10.3. The minimum atomic E-state index is 0.929. The molecule has 3 aromatic rings. The van der Waals surface area contributed by atoms with Crippen LogP contribution in [0.3, 0.4) is 0 Å². The summed E-state index contributed by atoms with van der Waals surface area (Å²) in [5, 5.41) is 4.18. The Kier molecular flexibility index (Phi) is 2.29. The number of nitrogens with zero attached hydrogens (tertiary/aromatic N) is 4. The summed E-state index contributed by atoms with van der Waals surface area (Å²) in [5.74, 6) is 0.929. The van der Waals surface area contributed by atoms with Gasteiger partial charge in [0.2, 0.25) is 0 Å². The third-order valence-corrected chi connectivity index (χ3v) is 3.39. The summed E-state index contributed by atoms with van der Waals surface area (Å²) < 4.78 is 4.97. The molecule has 2 aromatic heterocycles. The second-order valence-corrected chi connectivity index (χ2v) is 4.88. The standard InChI is InChI=1S/C12H11BrN4/c1-16-11-7-8(13)3-4-9(11)15-12(16)10-5-6-14-17(10)2/h3-7H,1-2H3. The zero-order chi connectivity index (χ0) is 12.0. The Balaban J connectivity index is 2.32. The first-order valence-corrected chi connectivity index (χ1v) is 6.06. The summed E-state index contributed by atoms with van der Waals surface area (Å²) in [6.45, 7) is 0. The minimum Gasteiger partial charge on any atom is -0.326 e. The van der Waals surface area contributed by atoms with Crippen LogP contribution in [0.15, 0.2) is 34.9 Å². The van der Waals surface area contributed by atoms with E-state index in [2.05, 4.69) is 36.6 Å². The fourth-order valence-corrected chi connectivity index (χ4v) is 2.33. The van der Waals surface area contributed by atoms with Crippen LogP contribution in [0, 0.1) is 0 Å². The van der Waals surface area contributed by atoms with Crippen molar-refractivity contribution in [1.29, 1.82) is 0 Å². The molecule has 17 heavy (non-hydrogen) atoms. The number of rotatable bonds is 1. The first kappa shape index (κ1) is 10.5. The van der Waals surface area contributed by atoms with Gasteiger partial charge in [-0.25, -0.2) is 4.98 Å². The second kappa shape index (κ2) is 3.70. The number of benzene rings is 1. The van der Waals surface area contributed by atoms with Crippen LogP contribution in [0.5, 0.6) is 0 Å². The first-order chi connectivity index (χ1) is 8.16. The van der Waals surface area contributed by atoms with Gasteiger partial charge < -0.3 is 4.57 Å². The molecule has 0 bridgehead atoms. The zero-order valence-electron chi connectivity index (χ0n) is 9.55. The maximum absolute atomic E-state index is 4.64. The first-order valence-electron chi connectivity index (χ1n) is 5.27.